The van der Waals surface area contributed by atoms with Crippen LogP contribution in [0, 0.1) is 11.3 Å². The Morgan fingerprint density at radius 1 is 1.11 bits per heavy atom. The molecule has 0 N–H and O–H groups in total. The molecule has 0 aromatic heterocycles. The summed E-state index contributed by atoms with van der Waals surface area (Å²) in [6, 6.07) is 9.25. The summed E-state index contributed by atoms with van der Waals surface area (Å²) in [4.78, 5) is 23.9. The Morgan fingerprint density at radius 2 is 1.83 bits per heavy atom. The predicted molar refractivity (Wildman–Crippen MR) is 69.4 cm³/mol. The zero-order valence-corrected chi connectivity index (χ0v) is 10.5. The molecule has 1 spiro atoms. The first-order valence-electron chi connectivity index (χ1n) is 6.82. The van der Waals surface area contributed by atoms with Crippen LogP contribution in [0.15, 0.2) is 30.3 Å². The first-order chi connectivity index (χ1) is 8.71. The van der Waals surface area contributed by atoms with E-state index < -0.39 is 0 Å². The molecule has 0 bridgehead atoms. The van der Waals surface area contributed by atoms with Gasteiger partial charge in [-0.2, -0.15) is 0 Å². The lowest BCUT2D eigenvalue weighted by Gasteiger charge is -2.26. The van der Waals surface area contributed by atoms with Crippen molar-refractivity contribution < 1.29 is 9.59 Å². The highest BCUT2D eigenvalue weighted by Crippen LogP contribution is 2.66. The largest absolute Gasteiger partial charge is 0.299 e. The van der Waals surface area contributed by atoms with Gasteiger partial charge in [-0.1, -0.05) is 36.8 Å². The molecule has 1 atom stereocenters. The van der Waals surface area contributed by atoms with Crippen LogP contribution in [0.3, 0.4) is 0 Å². The van der Waals surface area contributed by atoms with Crippen molar-refractivity contribution in [3.63, 3.8) is 0 Å². The third-order valence-corrected chi connectivity index (χ3v) is 4.62. The van der Waals surface area contributed by atoms with Crippen molar-refractivity contribution in [3.8, 4) is 0 Å². The second-order valence-corrected chi connectivity index (χ2v) is 5.73. The zero-order valence-electron chi connectivity index (χ0n) is 10.5. The van der Waals surface area contributed by atoms with Gasteiger partial charge in [-0.05, 0) is 24.7 Å². The van der Waals surface area contributed by atoms with Gasteiger partial charge in [0.05, 0.1) is 0 Å². The van der Waals surface area contributed by atoms with Crippen LogP contribution in [-0.2, 0) is 4.79 Å². The third-order valence-electron chi connectivity index (χ3n) is 4.62. The number of hydrogen-bond acceptors (Lipinski definition) is 2. The van der Waals surface area contributed by atoms with E-state index in [1.54, 1.807) is 0 Å². The molecule has 2 nitrogen and oxygen atoms in total. The van der Waals surface area contributed by atoms with E-state index in [1.807, 2.05) is 30.3 Å². The summed E-state index contributed by atoms with van der Waals surface area (Å²) in [6.07, 6.45) is 5.64. The molecule has 1 aromatic rings. The van der Waals surface area contributed by atoms with Gasteiger partial charge in [0.1, 0.15) is 5.78 Å². The summed E-state index contributed by atoms with van der Waals surface area (Å²) in [5.41, 5.74) is 1.12. The van der Waals surface area contributed by atoms with E-state index in [0.29, 0.717) is 24.0 Å². The van der Waals surface area contributed by atoms with Gasteiger partial charge in [0.15, 0.2) is 5.78 Å². The molecule has 2 saturated carbocycles. The maximum atomic E-state index is 12.0. The predicted octanol–water partition coefficient (Wildman–Crippen LogP) is 3.41. The summed E-state index contributed by atoms with van der Waals surface area (Å²) < 4.78 is 0. The van der Waals surface area contributed by atoms with Crippen LogP contribution in [0.2, 0.25) is 0 Å². The van der Waals surface area contributed by atoms with Crippen molar-refractivity contribution in [1.29, 1.82) is 0 Å². The fraction of sp³-hybridized carbons (Fsp3) is 0.500. The molecule has 0 saturated heterocycles. The average Bonchev–Trinajstić information content (AvgIpc) is 3.12. The lowest BCUT2D eigenvalue weighted by atomic mass is 9.79. The van der Waals surface area contributed by atoms with Gasteiger partial charge < -0.3 is 0 Å². The van der Waals surface area contributed by atoms with Crippen molar-refractivity contribution in [2.45, 2.75) is 38.5 Å². The molecular formula is C16H18O2. The zero-order chi connectivity index (χ0) is 12.6. The second kappa shape index (κ2) is 4.34. The Balaban J connectivity index is 1.50. The number of carbonyl (C=O) groups excluding carboxylic acids is 2. The smallest absolute Gasteiger partial charge is 0.163 e. The Hall–Kier alpha value is -1.44. The van der Waals surface area contributed by atoms with Gasteiger partial charge in [0.2, 0.25) is 0 Å². The molecule has 2 heteroatoms. The Morgan fingerprint density at radius 3 is 2.39 bits per heavy atom. The van der Waals surface area contributed by atoms with Crippen molar-refractivity contribution >= 4 is 11.6 Å². The van der Waals surface area contributed by atoms with Crippen molar-refractivity contribution in [2.24, 2.45) is 11.3 Å². The van der Waals surface area contributed by atoms with Gasteiger partial charge in [0, 0.05) is 24.3 Å². The van der Waals surface area contributed by atoms with E-state index in [4.69, 9.17) is 0 Å². The monoisotopic (exact) mass is 242 g/mol. The first-order valence-corrected chi connectivity index (χ1v) is 6.82. The van der Waals surface area contributed by atoms with Crippen LogP contribution < -0.4 is 0 Å². The highest BCUT2D eigenvalue weighted by molar-refractivity contribution is 5.98. The number of carbonyl (C=O) groups is 2. The number of Topliss-reactive ketones (excluding diaryl/α,β-unsaturated/α-hetero) is 2. The van der Waals surface area contributed by atoms with Crippen LogP contribution in [0.4, 0.5) is 0 Å². The number of hydrogen-bond donors (Lipinski definition) is 0. The molecule has 1 unspecified atom stereocenters. The van der Waals surface area contributed by atoms with Crippen molar-refractivity contribution in [3.05, 3.63) is 35.9 Å². The maximum absolute atomic E-state index is 12.0. The first kappa shape index (κ1) is 11.6. The van der Waals surface area contributed by atoms with Crippen LogP contribution >= 0.6 is 0 Å². The SMILES string of the molecule is O=C(CCC(=O)C1CC12CCC2)c1ccccc1. The van der Waals surface area contributed by atoms with Crippen LogP contribution in [0.25, 0.3) is 0 Å². The summed E-state index contributed by atoms with van der Waals surface area (Å²) in [6.45, 7) is 0. The molecule has 0 amide bonds. The Kier molecular flexibility index (Phi) is 2.81. The topological polar surface area (TPSA) is 34.1 Å². The Labute approximate surface area is 107 Å². The molecule has 2 aliphatic carbocycles. The quantitative estimate of drug-likeness (QED) is 0.741. The van der Waals surface area contributed by atoms with E-state index in [-0.39, 0.29) is 11.7 Å². The van der Waals surface area contributed by atoms with Gasteiger partial charge in [0.25, 0.3) is 0 Å². The highest BCUT2D eigenvalue weighted by Gasteiger charge is 2.60. The maximum Gasteiger partial charge on any atom is 0.163 e. The van der Waals surface area contributed by atoms with Gasteiger partial charge >= 0.3 is 0 Å². The van der Waals surface area contributed by atoms with Crippen LogP contribution in [-0.4, -0.2) is 11.6 Å². The minimum Gasteiger partial charge on any atom is -0.299 e. The molecule has 2 fully saturated rings. The molecule has 0 heterocycles. The Bertz CT molecular complexity index is 471. The number of rotatable bonds is 5. The molecule has 2 aliphatic rings. The van der Waals surface area contributed by atoms with E-state index >= 15 is 0 Å². The van der Waals surface area contributed by atoms with Crippen molar-refractivity contribution in [1.82, 2.24) is 0 Å². The average molecular weight is 242 g/mol. The van der Waals surface area contributed by atoms with E-state index in [9.17, 15) is 9.59 Å². The molecule has 3 rings (SSSR count). The minimum absolute atomic E-state index is 0.0901. The number of ketones is 2. The van der Waals surface area contributed by atoms with Crippen molar-refractivity contribution in [2.75, 3.05) is 0 Å². The van der Waals surface area contributed by atoms with E-state index in [1.165, 1.54) is 19.3 Å². The standard InChI is InChI=1S/C16H18O2/c17-14(12-5-2-1-3-6-12)7-8-15(18)13-11-16(13)9-4-10-16/h1-3,5-6,13H,4,7-11H2. The fourth-order valence-electron chi connectivity index (χ4n) is 3.17. The van der Waals surface area contributed by atoms with Crippen LogP contribution in [0.1, 0.15) is 48.9 Å². The summed E-state index contributed by atoms with van der Waals surface area (Å²) in [5, 5.41) is 0. The lowest BCUT2D eigenvalue weighted by molar-refractivity contribution is -0.121. The fourth-order valence-corrected chi connectivity index (χ4v) is 3.17. The molecular weight excluding hydrogens is 224 g/mol. The molecule has 18 heavy (non-hydrogen) atoms. The lowest BCUT2D eigenvalue weighted by Crippen LogP contribution is -2.19. The van der Waals surface area contributed by atoms with Gasteiger partial charge in [-0.3, -0.25) is 9.59 Å². The summed E-state index contributed by atoms with van der Waals surface area (Å²) in [7, 11) is 0. The molecule has 1 aromatic carbocycles. The van der Waals surface area contributed by atoms with Crippen LogP contribution in [0.5, 0.6) is 0 Å². The molecule has 0 aliphatic heterocycles. The highest BCUT2D eigenvalue weighted by atomic mass is 16.1. The van der Waals surface area contributed by atoms with Gasteiger partial charge in [-0.15, -0.1) is 0 Å². The van der Waals surface area contributed by atoms with E-state index in [2.05, 4.69) is 0 Å². The minimum atomic E-state index is 0.0901. The second-order valence-electron chi connectivity index (χ2n) is 5.73. The number of benzene rings is 1. The molecule has 0 radical (unpaired) electrons. The normalized spacial score (nSPS) is 23.4. The summed E-state index contributed by atoms with van der Waals surface area (Å²) in [5.74, 6) is 0.695. The third kappa shape index (κ3) is 2.00. The van der Waals surface area contributed by atoms with E-state index in [0.717, 1.165) is 12.0 Å². The summed E-state index contributed by atoms with van der Waals surface area (Å²) >= 11 is 0. The van der Waals surface area contributed by atoms with Gasteiger partial charge in [-0.25, -0.2) is 0 Å². The molecule has 94 valence electrons.